The molecule has 1 aromatic carbocycles. The maximum Gasteiger partial charge on any atom is 0.246 e. The Kier molecular flexibility index (Phi) is 8.79. The Labute approximate surface area is 254 Å². The molecule has 6 rings (SSSR count). The second-order valence-corrected chi connectivity index (χ2v) is 14.1. The lowest BCUT2D eigenvalue weighted by Gasteiger charge is -2.55. The number of aryl methyl sites for hydroxylation is 1. The van der Waals surface area contributed by atoms with E-state index in [9.17, 15) is 14.9 Å². The highest BCUT2D eigenvalue weighted by Crippen LogP contribution is 2.49. The molecule has 42 heavy (non-hydrogen) atoms. The predicted octanol–water partition coefficient (Wildman–Crippen LogP) is 2.40. The quantitative estimate of drug-likeness (QED) is 0.483. The summed E-state index contributed by atoms with van der Waals surface area (Å²) in [6.45, 7) is 9.28. The van der Waals surface area contributed by atoms with Crippen molar-refractivity contribution < 1.29 is 14.3 Å². The van der Waals surface area contributed by atoms with Crippen molar-refractivity contribution in [1.29, 1.82) is 5.26 Å². The topological polar surface area (TPSA) is 101 Å². The van der Waals surface area contributed by atoms with E-state index in [0.29, 0.717) is 38.1 Å². The fraction of sp³-hybridized carbons (Fsp3) is 0.656. The van der Waals surface area contributed by atoms with Gasteiger partial charge in [0.2, 0.25) is 5.91 Å². The van der Waals surface area contributed by atoms with Gasteiger partial charge in [0.05, 0.1) is 42.1 Å². The van der Waals surface area contributed by atoms with Crippen LogP contribution >= 0.6 is 11.8 Å². The molecule has 7 atom stereocenters. The third-order valence-electron chi connectivity index (χ3n) is 10.4. The van der Waals surface area contributed by atoms with Crippen LogP contribution in [0.15, 0.2) is 30.9 Å². The minimum absolute atomic E-state index is 0.0698. The summed E-state index contributed by atoms with van der Waals surface area (Å²) in [7, 11) is 2.15. The van der Waals surface area contributed by atoms with Gasteiger partial charge < -0.3 is 14.5 Å². The lowest BCUT2D eigenvalue weighted by Crippen LogP contribution is -2.75. The number of ether oxygens (including phenoxy) is 1. The fourth-order valence-corrected chi connectivity index (χ4v) is 9.39. The first kappa shape index (κ1) is 29.8. The van der Waals surface area contributed by atoms with Gasteiger partial charge in [0, 0.05) is 37.3 Å². The molecule has 1 aliphatic carbocycles. The third kappa shape index (κ3) is 5.56. The molecule has 1 saturated carbocycles. The number of hydrogen-bond acceptors (Lipinski definition) is 9. The standard InChI is InChI=1S/C32H44N6O3S/c1-4-27(39)38-16-15-37(18-23(38)11-13-33)30-25-10-12-32(17-26-21(2)7-5-8-22(26)20-42-32)29(40)28(25)34-31(35-30)41-19-24-9-6-14-36(24)3/h4-5,7-8,23-25,28,30-31,34-35H,1,6,9-12,14-20H2,2-3H3/t23?,24?,25?,28?,30?,31?,32-/m0/s1. The second kappa shape index (κ2) is 12.4. The van der Waals surface area contributed by atoms with E-state index in [2.05, 4.69) is 65.3 Å². The SMILES string of the molecule is C=CC(=O)N1CCN(C2NC(OCC3CCCN3C)NC3C(=O)[C@]4(CCC32)Cc2c(C)cccc2CS4)CC1CC#N. The molecule has 3 saturated heterocycles. The Bertz CT molecular complexity index is 1250. The molecule has 1 spiro atoms. The zero-order valence-electron chi connectivity index (χ0n) is 24.9. The Morgan fingerprint density at radius 3 is 2.88 bits per heavy atom. The highest BCUT2D eigenvalue weighted by molar-refractivity contribution is 8.00. The molecule has 4 fully saturated rings. The van der Waals surface area contributed by atoms with Crippen LogP contribution in [0, 0.1) is 24.2 Å². The normalized spacial score (nSPS) is 35.5. The molecule has 0 radical (unpaired) electrons. The van der Waals surface area contributed by atoms with E-state index >= 15 is 0 Å². The zero-order chi connectivity index (χ0) is 29.4. The van der Waals surface area contributed by atoms with Crippen LogP contribution in [-0.4, -0.2) is 102 Å². The van der Waals surface area contributed by atoms with Gasteiger partial charge in [-0.2, -0.15) is 5.26 Å². The van der Waals surface area contributed by atoms with Crippen LogP contribution < -0.4 is 10.6 Å². The van der Waals surface area contributed by atoms with Crippen LogP contribution in [0.4, 0.5) is 0 Å². The molecule has 4 heterocycles. The number of likely N-dealkylation sites (tertiary alicyclic amines) is 1. The maximum absolute atomic E-state index is 14.6. The molecule has 0 aromatic heterocycles. The van der Waals surface area contributed by atoms with Gasteiger partial charge in [-0.15, -0.1) is 11.8 Å². The number of nitrogens with zero attached hydrogens (tertiary/aromatic N) is 4. The summed E-state index contributed by atoms with van der Waals surface area (Å²) in [4.78, 5) is 33.6. The van der Waals surface area contributed by atoms with Crippen molar-refractivity contribution in [3.63, 3.8) is 0 Å². The highest BCUT2D eigenvalue weighted by Gasteiger charge is 2.55. The van der Waals surface area contributed by atoms with Gasteiger partial charge in [0.25, 0.3) is 0 Å². The van der Waals surface area contributed by atoms with Crippen molar-refractivity contribution in [1.82, 2.24) is 25.3 Å². The van der Waals surface area contributed by atoms with Gasteiger partial charge in [-0.05, 0) is 75.4 Å². The predicted molar refractivity (Wildman–Crippen MR) is 163 cm³/mol. The molecule has 5 aliphatic rings. The van der Waals surface area contributed by atoms with E-state index in [1.54, 1.807) is 4.90 Å². The molecule has 9 nitrogen and oxygen atoms in total. The van der Waals surface area contributed by atoms with E-state index in [0.717, 1.165) is 38.0 Å². The lowest BCUT2D eigenvalue weighted by atomic mass is 9.71. The van der Waals surface area contributed by atoms with Gasteiger partial charge in [-0.3, -0.25) is 25.1 Å². The molecule has 0 bridgehead atoms. The van der Waals surface area contributed by atoms with Crippen LogP contribution in [0.3, 0.4) is 0 Å². The monoisotopic (exact) mass is 592 g/mol. The summed E-state index contributed by atoms with van der Waals surface area (Å²) < 4.78 is 6.05. The van der Waals surface area contributed by atoms with Crippen LogP contribution in [0.1, 0.15) is 48.8 Å². The van der Waals surface area contributed by atoms with Gasteiger partial charge >= 0.3 is 0 Å². The largest absolute Gasteiger partial charge is 0.348 e. The van der Waals surface area contributed by atoms with E-state index in [1.165, 1.54) is 29.2 Å². The zero-order valence-corrected chi connectivity index (χ0v) is 25.7. The number of Topliss-reactive ketones (excluding diaryl/α,β-unsaturated/α-hetero) is 1. The Balaban J connectivity index is 1.25. The molecular formula is C32H44N6O3S. The van der Waals surface area contributed by atoms with Gasteiger partial charge in [0.15, 0.2) is 12.1 Å². The number of hydrogen-bond donors (Lipinski definition) is 2. The average molecular weight is 593 g/mol. The maximum atomic E-state index is 14.6. The molecule has 1 aromatic rings. The van der Waals surface area contributed by atoms with Crippen molar-refractivity contribution in [2.75, 3.05) is 39.8 Å². The number of benzene rings is 1. The summed E-state index contributed by atoms with van der Waals surface area (Å²) in [6.07, 6.45) is 5.91. The number of fused-ring (bicyclic) bond motifs is 2. The molecule has 226 valence electrons. The number of nitrogens with one attached hydrogen (secondary N) is 2. The first-order valence-corrected chi connectivity index (χ1v) is 16.5. The van der Waals surface area contributed by atoms with Gasteiger partial charge in [-0.25, -0.2) is 0 Å². The molecule has 2 N–H and O–H groups in total. The number of rotatable bonds is 6. The third-order valence-corrected chi connectivity index (χ3v) is 11.9. The summed E-state index contributed by atoms with van der Waals surface area (Å²) in [5, 5.41) is 16.9. The first-order chi connectivity index (χ1) is 20.3. The van der Waals surface area contributed by atoms with Crippen LogP contribution in [0.25, 0.3) is 0 Å². The summed E-state index contributed by atoms with van der Waals surface area (Å²) in [6, 6.07) is 8.60. The number of nitriles is 1. The number of amides is 1. The van der Waals surface area contributed by atoms with Crippen molar-refractivity contribution in [2.24, 2.45) is 5.92 Å². The van der Waals surface area contributed by atoms with Crippen molar-refractivity contribution in [2.45, 2.75) is 86.6 Å². The lowest BCUT2D eigenvalue weighted by molar-refractivity contribution is -0.144. The van der Waals surface area contributed by atoms with Gasteiger partial charge in [0.1, 0.15) is 0 Å². The highest BCUT2D eigenvalue weighted by atomic mass is 32.2. The van der Waals surface area contributed by atoms with Crippen LogP contribution in [-0.2, 0) is 26.5 Å². The summed E-state index contributed by atoms with van der Waals surface area (Å²) in [5.74, 6) is 1.10. The van der Waals surface area contributed by atoms with Crippen LogP contribution in [0.2, 0.25) is 0 Å². The number of carbonyl (C=O) groups excluding carboxylic acids is 2. The van der Waals surface area contributed by atoms with Crippen molar-refractivity contribution >= 4 is 23.5 Å². The Hall–Kier alpha value is -2.26. The van der Waals surface area contributed by atoms with E-state index in [1.807, 2.05) is 11.8 Å². The molecule has 4 aliphatic heterocycles. The Morgan fingerprint density at radius 1 is 1.26 bits per heavy atom. The molecular weight excluding hydrogens is 548 g/mol. The summed E-state index contributed by atoms with van der Waals surface area (Å²) in [5.41, 5.74) is 3.97. The van der Waals surface area contributed by atoms with Crippen molar-refractivity contribution in [3.05, 3.63) is 47.5 Å². The minimum atomic E-state index is -0.450. The number of likely N-dealkylation sites (N-methyl/N-ethyl adjacent to an activating group) is 1. The first-order valence-electron chi connectivity index (χ1n) is 15.5. The number of piperazine rings is 1. The van der Waals surface area contributed by atoms with Crippen LogP contribution in [0.5, 0.6) is 0 Å². The molecule has 1 amide bonds. The molecule has 6 unspecified atom stereocenters. The number of ketones is 1. The second-order valence-electron chi connectivity index (χ2n) is 12.7. The van der Waals surface area contributed by atoms with Crippen molar-refractivity contribution in [3.8, 4) is 6.07 Å². The van der Waals surface area contributed by atoms with Gasteiger partial charge in [-0.1, -0.05) is 24.8 Å². The minimum Gasteiger partial charge on any atom is -0.348 e. The number of thioether (sulfide) groups is 1. The van der Waals surface area contributed by atoms with E-state index < -0.39 is 11.1 Å². The fourth-order valence-electron chi connectivity index (χ4n) is 7.91. The smallest absolute Gasteiger partial charge is 0.246 e. The summed E-state index contributed by atoms with van der Waals surface area (Å²) >= 11 is 1.83. The molecule has 10 heteroatoms. The number of carbonyl (C=O) groups is 2. The average Bonchev–Trinajstić information content (AvgIpc) is 3.42. The van der Waals surface area contributed by atoms with E-state index in [-0.39, 0.29) is 36.5 Å². The Morgan fingerprint density at radius 2 is 2.12 bits per heavy atom. The van der Waals surface area contributed by atoms with E-state index in [4.69, 9.17) is 4.74 Å².